The number of carbonyl (C=O) groups excluding carboxylic acids is 2. The van der Waals surface area contributed by atoms with Crippen LogP contribution in [-0.2, 0) is 9.53 Å². The van der Waals surface area contributed by atoms with Gasteiger partial charge in [-0.1, -0.05) is 18.2 Å². The van der Waals surface area contributed by atoms with E-state index >= 15 is 0 Å². The van der Waals surface area contributed by atoms with Gasteiger partial charge in [-0.15, -0.1) is 0 Å². The zero-order valence-electron chi connectivity index (χ0n) is 15.3. The molecule has 0 bridgehead atoms. The minimum atomic E-state index is -0.815. The molecule has 8 heteroatoms. The highest BCUT2D eigenvalue weighted by molar-refractivity contribution is 5.95. The molecule has 0 fully saturated rings. The fourth-order valence-corrected chi connectivity index (χ4v) is 2.54. The predicted molar refractivity (Wildman–Crippen MR) is 100 cm³/mol. The van der Waals surface area contributed by atoms with Crippen LogP contribution < -0.4 is 10.1 Å². The second-order valence-corrected chi connectivity index (χ2v) is 5.89. The summed E-state index contributed by atoms with van der Waals surface area (Å²) in [5, 5.41) is 7.00. The van der Waals surface area contributed by atoms with E-state index in [4.69, 9.17) is 9.47 Å². The van der Waals surface area contributed by atoms with E-state index in [2.05, 4.69) is 10.4 Å². The summed E-state index contributed by atoms with van der Waals surface area (Å²) in [6, 6.07) is 14.6. The van der Waals surface area contributed by atoms with Gasteiger partial charge in [0.2, 0.25) is 0 Å². The number of hydrogen-bond acceptors (Lipinski definition) is 5. The summed E-state index contributed by atoms with van der Waals surface area (Å²) in [4.78, 5) is 24.2. The minimum Gasteiger partial charge on any atom is -0.494 e. The van der Waals surface area contributed by atoms with Gasteiger partial charge in [0, 0.05) is 6.07 Å². The van der Waals surface area contributed by atoms with E-state index in [0.29, 0.717) is 11.5 Å². The fraction of sp³-hybridized carbons (Fsp3) is 0.150. The Kier molecular flexibility index (Phi) is 5.69. The highest BCUT2D eigenvalue weighted by Gasteiger charge is 2.15. The normalized spacial score (nSPS) is 10.4. The number of aryl methyl sites for hydroxylation is 1. The summed E-state index contributed by atoms with van der Waals surface area (Å²) in [6.45, 7) is 1.28. The molecule has 3 aromatic rings. The molecule has 0 aliphatic rings. The number of carbonyl (C=O) groups is 2. The summed E-state index contributed by atoms with van der Waals surface area (Å²) in [6.07, 6.45) is 0. The maximum atomic E-state index is 13.7. The third-order valence-electron chi connectivity index (χ3n) is 3.82. The van der Waals surface area contributed by atoms with Crippen LogP contribution in [0, 0.1) is 12.7 Å². The van der Waals surface area contributed by atoms with Crippen molar-refractivity contribution in [3.63, 3.8) is 0 Å². The molecule has 0 saturated heterocycles. The van der Waals surface area contributed by atoms with Crippen LogP contribution >= 0.6 is 0 Å². The molecule has 28 heavy (non-hydrogen) atoms. The number of rotatable bonds is 6. The van der Waals surface area contributed by atoms with Crippen molar-refractivity contribution in [2.45, 2.75) is 6.92 Å². The van der Waals surface area contributed by atoms with Crippen LogP contribution in [0.25, 0.3) is 5.69 Å². The number of nitrogens with one attached hydrogen (secondary N) is 1. The molecular formula is C20H18FN3O4. The first-order valence-electron chi connectivity index (χ1n) is 8.40. The van der Waals surface area contributed by atoms with Crippen LogP contribution in [0.2, 0.25) is 0 Å². The average Bonchev–Trinajstić information content (AvgIpc) is 3.06. The molecule has 3 rings (SSSR count). The monoisotopic (exact) mass is 383 g/mol. The number of anilines is 1. The highest BCUT2D eigenvalue weighted by atomic mass is 19.1. The Hall–Kier alpha value is -3.68. The first kappa shape index (κ1) is 19.1. The van der Waals surface area contributed by atoms with Crippen molar-refractivity contribution >= 4 is 17.7 Å². The quantitative estimate of drug-likeness (QED) is 0.662. The van der Waals surface area contributed by atoms with Crippen molar-refractivity contribution in [2.24, 2.45) is 0 Å². The van der Waals surface area contributed by atoms with Crippen molar-refractivity contribution in [2.75, 3.05) is 19.0 Å². The maximum absolute atomic E-state index is 13.7. The molecule has 2 aromatic carbocycles. The zero-order chi connectivity index (χ0) is 20.1. The number of amides is 1. The van der Waals surface area contributed by atoms with Gasteiger partial charge in [0.1, 0.15) is 5.82 Å². The van der Waals surface area contributed by atoms with E-state index in [-0.39, 0.29) is 11.3 Å². The van der Waals surface area contributed by atoms with Crippen molar-refractivity contribution in [1.29, 1.82) is 0 Å². The summed E-state index contributed by atoms with van der Waals surface area (Å²) >= 11 is 0. The molecule has 0 atom stereocenters. The molecule has 0 saturated carbocycles. The van der Waals surface area contributed by atoms with Gasteiger partial charge in [0.05, 0.1) is 24.1 Å². The molecule has 0 radical (unpaired) electrons. The van der Waals surface area contributed by atoms with Crippen molar-refractivity contribution in [1.82, 2.24) is 9.78 Å². The minimum absolute atomic E-state index is 0.0128. The number of esters is 1. The Labute approximate surface area is 160 Å². The summed E-state index contributed by atoms with van der Waals surface area (Å²) in [5.74, 6) is -1.59. The lowest BCUT2D eigenvalue weighted by Crippen LogP contribution is -2.22. The fourth-order valence-electron chi connectivity index (χ4n) is 2.54. The molecule has 0 spiro atoms. The second kappa shape index (κ2) is 8.34. The zero-order valence-corrected chi connectivity index (χ0v) is 15.3. The molecular weight excluding hydrogens is 365 g/mol. The molecule has 0 unspecified atom stereocenters. The SMILES string of the molecule is COc1ccc(C(=O)OCC(=O)Nc2cc(C)nn2-c2ccccc2)cc1F. The van der Waals surface area contributed by atoms with Crippen LogP contribution in [0.1, 0.15) is 16.1 Å². The number of ether oxygens (including phenoxy) is 2. The summed E-state index contributed by atoms with van der Waals surface area (Å²) in [7, 11) is 1.32. The van der Waals surface area contributed by atoms with Gasteiger partial charge in [-0.05, 0) is 37.3 Å². The lowest BCUT2D eigenvalue weighted by Gasteiger charge is -2.09. The van der Waals surface area contributed by atoms with Gasteiger partial charge in [-0.25, -0.2) is 13.9 Å². The molecule has 0 aliphatic carbocycles. The van der Waals surface area contributed by atoms with Crippen molar-refractivity contribution in [3.8, 4) is 11.4 Å². The summed E-state index contributed by atoms with van der Waals surface area (Å²) < 4.78 is 25.0. The van der Waals surface area contributed by atoms with Crippen LogP contribution in [0.4, 0.5) is 10.2 Å². The molecule has 1 aromatic heterocycles. The van der Waals surface area contributed by atoms with Crippen molar-refractivity contribution < 1.29 is 23.5 Å². The van der Waals surface area contributed by atoms with E-state index in [1.807, 2.05) is 30.3 Å². The first-order chi connectivity index (χ1) is 13.5. The lowest BCUT2D eigenvalue weighted by molar-refractivity contribution is -0.119. The molecule has 144 valence electrons. The average molecular weight is 383 g/mol. The van der Waals surface area contributed by atoms with Gasteiger partial charge in [-0.2, -0.15) is 5.10 Å². The number of halogens is 1. The first-order valence-corrected chi connectivity index (χ1v) is 8.40. The van der Waals surface area contributed by atoms with Crippen LogP contribution in [-0.4, -0.2) is 35.4 Å². The second-order valence-electron chi connectivity index (χ2n) is 5.89. The standard InChI is InChI=1S/C20H18FN3O4/c1-13-10-18(24(23-13)15-6-4-3-5-7-15)22-19(25)12-28-20(26)14-8-9-17(27-2)16(21)11-14/h3-11H,12H2,1-2H3,(H,22,25). The number of nitrogens with zero attached hydrogens (tertiary/aromatic N) is 2. The van der Waals surface area contributed by atoms with Crippen LogP contribution in [0.5, 0.6) is 5.75 Å². The van der Waals surface area contributed by atoms with Crippen LogP contribution in [0.3, 0.4) is 0 Å². The Morgan fingerprint density at radius 2 is 1.89 bits per heavy atom. The molecule has 1 N–H and O–H groups in total. The van der Waals surface area contributed by atoms with E-state index in [1.165, 1.54) is 19.2 Å². The molecule has 7 nitrogen and oxygen atoms in total. The smallest absolute Gasteiger partial charge is 0.338 e. The third kappa shape index (κ3) is 4.35. The third-order valence-corrected chi connectivity index (χ3v) is 3.82. The van der Waals surface area contributed by atoms with Gasteiger partial charge < -0.3 is 14.8 Å². The van der Waals surface area contributed by atoms with Crippen molar-refractivity contribution in [3.05, 3.63) is 71.7 Å². The Morgan fingerprint density at radius 3 is 2.57 bits per heavy atom. The topological polar surface area (TPSA) is 82.4 Å². The van der Waals surface area contributed by atoms with E-state index in [0.717, 1.165) is 11.8 Å². The number of methoxy groups -OCH3 is 1. The largest absolute Gasteiger partial charge is 0.494 e. The van der Waals surface area contributed by atoms with Gasteiger partial charge in [0.15, 0.2) is 18.2 Å². The Morgan fingerprint density at radius 1 is 1.14 bits per heavy atom. The number of benzene rings is 2. The number of hydrogen-bond donors (Lipinski definition) is 1. The number of para-hydroxylation sites is 1. The van der Waals surface area contributed by atoms with Gasteiger partial charge in [-0.3, -0.25) is 4.79 Å². The Bertz CT molecular complexity index is 1000. The van der Waals surface area contributed by atoms with Gasteiger partial charge >= 0.3 is 5.97 Å². The van der Waals surface area contributed by atoms with E-state index in [1.54, 1.807) is 17.7 Å². The maximum Gasteiger partial charge on any atom is 0.338 e. The summed E-state index contributed by atoms with van der Waals surface area (Å²) in [5.41, 5.74) is 1.47. The molecule has 0 aliphatic heterocycles. The molecule has 1 heterocycles. The predicted octanol–water partition coefficient (Wildman–Crippen LogP) is 3.12. The lowest BCUT2D eigenvalue weighted by atomic mass is 10.2. The van der Waals surface area contributed by atoms with E-state index in [9.17, 15) is 14.0 Å². The number of aromatic nitrogens is 2. The van der Waals surface area contributed by atoms with Gasteiger partial charge in [0.25, 0.3) is 5.91 Å². The molecule has 1 amide bonds. The highest BCUT2D eigenvalue weighted by Crippen LogP contribution is 2.19. The van der Waals surface area contributed by atoms with Crippen LogP contribution in [0.15, 0.2) is 54.6 Å². The van der Waals surface area contributed by atoms with E-state index < -0.39 is 24.3 Å². The Balaban J connectivity index is 1.64.